The van der Waals surface area contributed by atoms with Gasteiger partial charge in [-0.25, -0.2) is 0 Å². The van der Waals surface area contributed by atoms with Gasteiger partial charge in [-0.2, -0.15) is 11.8 Å². The molecule has 1 aromatic carbocycles. The van der Waals surface area contributed by atoms with Crippen molar-refractivity contribution in [3.05, 3.63) is 42.0 Å². The Labute approximate surface area is 153 Å². The summed E-state index contributed by atoms with van der Waals surface area (Å²) in [6, 6.07) is 7.66. The maximum absolute atomic E-state index is 11.8. The van der Waals surface area contributed by atoms with Gasteiger partial charge in [-0.1, -0.05) is 36.9 Å². The largest absolute Gasteiger partial charge is 0.461 e. The van der Waals surface area contributed by atoms with Crippen molar-refractivity contribution >= 4 is 36.4 Å². The lowest BCUT2D eigenvalue weighted by Crippen LogP contribution is -2.28. The molecule has 0 aliphatic heterocycles. The van der Waals surface area contributed by atoms with Crippen LogP contribution in [0.1, 0.15) is 30.9 Å². The van der Waals surface area contributed by atoms with Crippen molar-refractivity contribution in [2.45, 2.75) is 32.4 Å². The molecule has 136 valence electrons. The van der Waals surface area contributed by atoms with Crippen molar-refractivity contribution in [1.29, 1.82) is 0 Å². The average molecular weight is 362 g/mol. The van der Waals surface area contributed by atoms with Gasteiger partial charge in [0.25, 0.3) is 0 Å². The smallest absolute Gasteiger partial charge is 0.306 e. The molecule has 0 saturated carbocycles. The number of thioether (sulfide) groups is 1. The Morgan fingerprint density at radius 2 is 2.04 bits per heavy atom. The zero-order valence-corrected chi connectivity index (χ0v) is 15.5. The summed E-state index contributed by atoms with van der Waals surface area (Å²) in [7, 11) is 0. The van der Waals surface area contributed by atoms with Crippen LogP contribution >= 0.6 is 11.8 Å². The molecule has 6 heteroatoms. The van der Waals surface area contributed by atoms with Crippen molar-refractivity contribution in [2.75, 3.05) is 11.5 Å². The quantitative estimate of drug-likeness (QED) is 0.352. The highest BCUT2D eigenvalue weighted by Crippen LogP contribution is 2.16. The first-order valence-electron chi connectivity index (χ1n) is 8.16. The highest BCUT2D eigenvalue weighted by Gasteiger charge is 2.18. The second-order valence-corrected chi connectivity index (χ2v) is 6.95. The van der Waals surface area contributed by atoms with E-state index in [0.29, 0.717) is 24.3 Å². The van der Waals surface area contributed by atoms with Crippen LogP contribution in [0.3, 0.4) is 0 Å². The number of hydrogen-bond acceptors (Lipinski definition) is 5. The molecule has 0 bridgehead atoms. The molecule has 25 heavy (non-hydrogen) atoms. The molecule has 0 aliphatic rings. The third-order valence-electron chi connectivity index (χ3n) is 3.72. The van der Waals surface area contributed by atoms with Gasteiger partial charge in [0.2, 0.25) is 5.91 Å². The number of carbonyl (C=O) groups is 2. The van der Waals surface area contributed by atoms with E-state index in [1.54, 1.807) is 6.08 Å². The van der Waals surface area contributed by atoms with Gasteiger partial charge in [-0.15, -0.1) is 0 Å². The number of aliphatic imine (C=N–C) groups is 1. The summed E-state index contributed by atoms with van der Waals surface area (Å²) in [5.74, 6) is 0.315. The van der Waals surface area contributed by atoms with E-state index in [9.17, 15) is 9.59 Å². The molecule has 0 saturated heterocycles. The van der Waals surface area contributed by atoms with Crippen molar-refractivity contribution in [2.24, 2.45) is 16.6 Å². The molecular formula is C19H26N2O3S. The van der Waals surface area contributed by atoms with E-state index < -0.39 is 0 Å². The Morgan fingerprint density at radius 3 is 2.60 bits per heavy atom. The number of primary amides is 1. The summed E-state index contributed by atoms with van der Waals surface area (Å²) >= 11 is 1.52. The summed E-state index contributed by atoms with van der Waals surface area (Å²) in [5.41, 5.74) is 7.36. The van der Waals surface area contributed by atoms with Crippen molar-refractivity contribution in [3.63, 3.8) is 0 Å². The van der Waals surface area contributed by atoms with Gasteiger partial charge < -0.3 is 10.5 Å². The van der Waals surface area contributed by atoms with Crippen LogP contribution in [-0.2, 0) is 20.9 Å². The first kappa shape index (κ1) is 21.0. The predicted octanol–water partition coefficient (Wildman–Crippen LogP) is 3.08. The zero-order valence-electron chi connectivity index (χ0n) is 14.6. The minimum Gasteiger partial charge on any atom is -0.461 e. The van der Waals surface area contributed by atoms with Crippen LogP contribution in [0.4, 0.5) is 0 Å². The van der Waals surface area contributed by atoms with E-state index in [2.05, 4.69) is 18.3 Å². The molecular weight excluding hydrogens is 336 g/mol. The summed E-state index contributed by atoms with van der Waals surface area (Å²) in [6.45, 7) is 9.32. The number of nitrogens with two attached hydrogens (primary N) is 1. The number of rotatable bonds is 12. The van der Waals surface area contributed by atoms with Gasteiger partial charge >= 0.3 is 5.97 Å². The number of amides is 1. The molecule has 2 unspecified atom stereocenters. The van der Waals surface area contributed by atoms with Crippen LogP contribution in [0.5, 0.6) is 0 Å². The van der Waals surface area contributed by atoms with E-state index >= 15 is 0 Å². The summed E-state index contributed by atoms with van der Waals surface area (Å²) in [4.78, 5) is 27.1. The lowest BCUT2D eigenvalue weighted by atomic mass is 10.0. The molecule has 1 rings (SSSR count). The first-order valence-corrected chi connectivity index (χ1v) is 9.31. The van der Waals surface area contributed by atoms with Gasteiger partial charge in [-0.3, -0.25) is 14.6 Å². The van der Waals surface area contributed by atoms with Crippen LogP contribution in [0, 0.1) is 5.92 Å². The first-order chi connectivity index (χ1) is 12.0. The van der Waals surface area contributed by atoms with Crippen LogP contribution in [0.25, 0.3) is 6.08 Å². The highest BCUT2D eigenvalue weighted by molar-refractivity contribution is 7.99. The normalized spacial score (nSPS) is 12.8. The molecule has 0 heterocycles. The third kappa shape index (κ3) is 8.54. The SMILES string of the molecule is C=Cc1ccc(COC(=O)CCSCC(CC(C)N=C)C(N)=O)cc1. The number of hydrogen-bond donors (Lipinski definition) is 1. The van der Waals surface area contributed by atoms with Gasteiger partial charge in [-0.05, 0) is 31.2 Å². The highest BCUT2D eigenvalue weighted by atomic mass is 32.2. The molecule has 0 aliphatic carbocycles. The maximum Gasteiger partial charge on any atom is 0.306 e. The Hall–Kier alpha value is -2.08. The summed E-state index contributed by atoms with van der Waals surface area (Å²) in [5, 5.41) is 0. The predicted molar refractivity (Wildman–Crippen MR) is 105 cm³/mol. The lowest BCUT2D eigenvalue weighted by molar-refractivity contribution is -0.144. The summed E-state index contributed by atoms with van der Waals surface area (Å²) < 4.78 is 5.25. The van der Waals surface area contributed by atoms with Gasteiger partial charge in [0.05, 0.1) is 6.42 Å². The molecule has 1 aromatic rings. The molecule has 2 atom stereocenters. The second-order valence-electron chi connectivity index (χ2n) is 5.80. The van der Waals surface area contributed by atoms with Crippen molar-refractivity contribution < 1.29 is 14.3 Å². The van der Waals surface area contributed by atoms with Gasteiger partial charge in [0, 0.05) is 23.5 Å². The standard InChI is InChI=1S/C19H26N2O3S/c1-4-15-5-7-16(8-6-15)12-24-18(22)9-10-25-13-17(19(20)23)11-14(2)21-3/h4-8,14,17H,1,3,9-13H2,2H3,(H2,20,23). The molecule has 0 aromatic heterocycles. The van der Waals surface area contributed by atoms with Crippen LogP contribution in [0.2, 0.25) is 0 Å². The van der Waals surface area contributed by atoms with Gasteiger partial charge in [0.1, 0.15) is 6.61 Å². The van der Waals surface area contributed by atoms with Crippen LogP contribution in [-0.4, -0.2) is 36.1 Å². The lowest BCUT2D eigenvalue weighted by Gasteiger charge is -2.15. The number of ether oxygens (including phenoxy) is 1. The van der Waals surface area contributed by atoms with E-state index in [1.807, 2.05) is 31.2 Å². The molecule has 0 radical (unpaired) electrons. The molecule has 2 N–H and O–H groups in total. The second kappa shape index (κ2) is 11.5. The third-order valence-corrected chi connectivity index (χ3v) is 4.86. The number of esters is 1. The number of nitrogens with zero attached hydrogens (tertiary/aromatic N) is 1. The Morgan fingerprint density at radius 1 is 1.36 bits per heavy atom. The van der Waals surface area contributed by atoms with Crippen LogP contribution in [0.15, 0.2) is 35.8 Å². The van der Waals surface area contributed by atoms with Crippen LogP contribution < -0.4 is 5.73 Å². The Balaban J connectivity index is 2.25. The van der Waals surface area contributed by atoms with Gasteiger partial charge in [0.15, 0.2) is 0 Å². The Bertz CT molecular complexity index is 587. The fourth-order valence-electron chi connectivity index (χ4n) is 2.12. The molecule has 5 nitrogen and oxygen atoms in total. The monoisotopic (exact) mass is 362 g/mol. The van der Waals surface area contributed by atoms with E-state index in [0.717, 1.165) is 11.1 Å². The minimum atomic E-state index is -0.339. The average Bonchev–Trinajstić information content (AvgIpc) is 2.62. The van der Waals surface area contributed by atoms with Crippen molar-refractivity contribution in [3.8, 4) is 0 Å². The van der Waals surface area contributed by atoms with Crippen molar-refractivity contribution in [1.82, 2.24) is 0 Å². The van der Waals surface area contributed by atoms with E-state index in [-0.39, 0.29) is 30.4 Å². The number of carbonyl (C=O) groups excluding carboxylic acids is 2. The fraction of sp³-hybridized carbons (Fsp3) is 0.421. The maximum atomic E-state index is 11.8. The molecule has 0 fully saturated rings. The zero-order chi connectivity index (χ0) is 18.7. The van der Waals surface area contributed by atoms with E-state index in [1.165, 1.54) is 11.8 Å². The Kier molecular flexibility index (Phi) is 9.62. The minimum absolute atomic E-state index is 0.00413. The summed E-state index contributed by atoms with van der Waals surface area (Å²) in [6.07, 6.45) is 2.64. The molecule has 0 spiro atoms. The fourth-order valence-corrected chi connectivity index (χ4v) is 3.18. The van der Waals surface area contributed by atoms with E-state index in [4.69, 9.17) is 10.5 Å². The number of benzene rings is 1. The topological polar surface area (TPSA) is 81.8 Å². The molecule has 1 amide bonds.